The third-order valence-electron chi connectivity index (χ3n) is 3.09. The van der Waals surface area contributed by atoms with Gasteiger partial charge in [0.1, 0.15) is 6.04 Å². The van der Waals surface area contributed by atoms with Crippen molar-refractivity contribution in [3.05, 3.63) is 0 Å². The number of hydrogen-bond donors (Lipinski definition) is 1. The topological polar surface area (TPSA) is 46.0 Å². The predicted octanol–water partition coefficient (Wildman–Crippen LogP) is 2.06. The first-order valence-corrected chi connectivity index (χ1v) is 5.69. The molecule has 0 spiro atoms. The van der Waals surface area contributed by atoms with Crippen LogP contribution in [0.5, 0.6) is 0 Å². The van der Waals surface area contributed by atoms with Gasteiger partial charge in [-0.2, -0.15) is 5.11 Å². The smallest absolute Gasteiger partial charge is 0.121 e. The minimum Gasteiger partial charge on any atom is -0.376 e. The fourth-order valence-electron chi connectivity index (χ4n) is 2.35. The maximum Gasteiger partial charge on any atom is 0.121 e. The molecule has 4 heteroatoms. The second-order valence-corrected chi connectivity index (χ2v) is 4.07. The van der Waals surface area contributed by atoms with Gasteiger partial charge < -0.3 is 4.74 Å². The zero-order chi connectivity index (χ0) is 9.80. The number of nitrogens with zero attached hydrogens (tertiary/aromatic N) is 2. The van der Waals surface area contributed by atoms with Crippen LogP contribution in [0.25, 0.3) is 0 Å². The Morgan fingerprint density at radius 3 is 3.00 bits per heavy atom. The normalized spacial score (nSPS) is 37.1. The van der Waals surface area contributed by atoms with Gasteiger partial charge in [-0.15, -0.1) is 0 Å². The molecule has 1 fully saturated rings. The SMILES string of the molecule is CCOC1CCCCCC2NN=NC21. The van der Waals surface area contributed by atoms with Crippen molar-refractivity contribution in [1.29, 1.82) is 0 Å². The summed E-state index contributed by atoms with van der Waals surface area (Å²) in [4.78, 5) is 0. The van der Waals surface area contributed by atoms with Gasteiger partial charge in [-0.05, 0) is 19.8 Å². The van der Waals surface area contributed by atoms with E-state index in [1.165, 1.54) is 25.7 Å². The van der Waals surface area contributed by atoms with Crippen molar-refractivity contribution in [2.24, 2.45) is 10.3 Å². The summed E-state index contributed by atoms with van der Waals surface area (Å²) in [6.07, 6.45) is 6.47. The lowest BCUT2D eigenvalue weighted by Crippen LogP contribution is -2.41. The van der Waals surface area contributed by atoms with Crippen molar-refractivity contribution in [3.8, 4) is 0 Å². The molecular formula is C10H19N3O. The van der Waals surface area contributed by atoms with Crippen LogP contribution < -0.4 is 5.43 Å². The molecule has 0 bridgehead atoms. The molecule has 3 unspecified atom stereocenters. The summed E-state index contributed by atoms with van der Waals surface area (Å²) in [5, 5.41) is 8.19. The van der Waals surface area contributed by atoms with E-state index in [1.54, 1.807) is 0 Å². The quantitative estimate of drug-likeness (QED) is 0.736. The van der Waals surface area contributed by atoms with Gasteiger partial charge in [-0.1, -0.05) is 24.5 Å². The van der Waals surface area contributed by atoms with Gasteiger partial charge >= 0.3 is 0 Å². The lowest BCUT2D eigenvalue weighted by atomic mass is 9.91. The summed E-state index contributed by atoms with van der Waals surface area (Å²) >= 11 is 0. The van der Waals surface area contributed by atoms with Crippen molar-refractivity contribution >= 4 is 0 Å². The molecule has 0 aromatic rings. The van der Waals surface area contributed by atoms with Gasteiger partial charge in [0.05, 0.1) is 12.1 Å². The van der Waals surface area contributed by atoms with E-state index in [4.69, 9.17) is 4.74 Å². The average molecular weight is 197 g/mol. The van der Waals surface area contributed by atoms with Crippen molar-refractivity contribution in [2.45, 2.75) is 57.2 Å². The summed E-state index contributed by atoms with van der Waals surface area (Å²) < 4.78 is 5.74. The first-order chi connectivity index (χ1) is 6.92. The largest absolute Gasteiger partial charge is 0.376 e. The van der Waals surface area contributed by atoms with Crippen LogP contribution in [0.3, 0.4) is 0 Å². The molecule has 4 nitrogen and oxygen atoms in total. The van der Waals surface area contributed by atoms with E-state index in [1.807, 2.05) is 6.92 Å². The first kappa shape index (κ1) is 9.90. The number of nitrogens with one attached hydrogen (secondary N) is 1. The second-order valence-electron chi connectivity index (χ2n) is 4.07. The van der Waals surface area contributed by atoms with Gasteiger partial charge in [-0.3, -0.25) is 5.43 Å². The minimum absolute atomic E-state index is 0.259. The molecule has 1 heterocycles. The number of ether oxygens (including phenoxy) is 1. The summed E-state index contributed by atoms with van der Waals surface area (Å²) in [6, 6.07) is 0.682. The first-order valence-electron chi connectivity index (χ1n) is 5.69. The molecule has 0 aromatic heterocycles. The molecule has 1 aliphatic heterocycles. The summed E-state index contributed by atoms with van der Waals surface area (Å²) in [6.45, 7) is 2.83. The Labute approximate surface area is 85.1 Å². The molecule has 80 valence electrons. The third kappa shape index (κ3) is 2.05. The van der Waals surface area contributed by atoms with Crippen LogP contribution in [0.15, 0.2) is 10.3 Å². The standard InChI is InChI=1S/C10H19N3O/c1-2-14-9-7-5-3-4-6-8-10(9)12-13-11-8/h8-10H,2-7H2,1H3,(H,11,12). The van der Waals surface area contributed by atoms with E-state index in [9.17, 15) is 0 Å². The Bertz CT molecular complexity index is 208. The molecule has 14 heavy (non-hydrogen) atoms. The van der Waals surface area contributed by atoms with Crippen molar-refractivity contribution < 1.29 is 4.74 Å². The van der Waals surface area contributed by atoms with E-state index < -0.39 is 0 Å². The maximum atomic E-state index is 5.74. The van der Waals surface area contributed by atoms with Crippen molar-refractivity contribution in [2.75, 3.05) is 6.61 Å². The summed E-state index contributed by atoms with van der Waals surface area (Å²) in [5.41, 5.74) is 3.09. The van der Waals surface area contributed by atoms with Gasteiger partial charge in [0.2, 0.25) is 0 Å². The fraction of sp³-hybridized carbons (Fsp3) is 1.00. The minimum atomic E-state index is 0.259. The molecule has 2 aliphatic rings. The highest BCUT2D eigenvalue weighted by molar-refractivity contribution is 4.91. The van der Waals surface area contributed by atoms with Crippen LogP contribution in [0, 0.1) is 0 Å². The molecule has 0 radical (unpaired) electrons. The number of fused-ring (bicyclic) bond motifs is 1. The molecule has 0 amide bonds. The molecule has 2 rings (SSSR count). The highest BCUT2D eigenvalue weighted by Gasteiger charge is 2.34. The Morgan fingerprint density at radius 1 is 1.29 bits per heavy atom. The predicted molar refractivity (Wildman–Crippen MR) is 54.1 cm³/mol. The third-order valence-corrected chi connectivity index (χ3v) is 3.09. The fourth-order valence-corrected chi connectivity index (χ4v) is 2.35. The summed E-state index contributed by atoms with van der Waals surface area (Å²) in [5.74, 6) is 0. The Morgan fingerprint density at radius 2 is 2.14 bits per heavy atom. The van der Waals surface area contributed by atoms with E-state index in [0.717, 1.165) is 13.0 Å². The van der Waals surface area contributed by atoms with Gasteiger partial charge in [0.25, 0.3) is 0 Å². The molecule has 0 saturated heterocycles. The van der Waals surface area contributed by atoms with Crippen molar-refractivity contribution in [1.82, 2.24) is 5.43 Å². The van der Waals surface area contributed by atoms with Gasteiger partial charge in [0.15, 0.2) is 0 Å². The second kappa shape index (κ2) is 4.73. The van der Waals surface area contributed by atoms with Crippen LogP contribution in [0.4, 0.5) is 0 Å². The van der Waals surface area contributed by atoms with Crippen LogP contribution in [0.1, 0.15) is 39.0 Å². The lowest BCUT2D eigenvalue weighted by Gasteiger charge is -2.27. The Hall–Kier alpha value is -0.640. The zero-order valence-corrected chi connectivity index (χ0v) is 8.78. The molecule has 3 atom stereocenters. The molecule has 1 N–H and O–H groups in total. The number of rotatable bonds is 2. The molecular weight excluding hydrogens is 178 g/mol. The molecule has 0 aromatic carbocycles. The van der Waals surface area contributed by atoms with Gasteiger partial charge in [-0.25, -0.2) is 0 Å². The van der Waals surface area contributed by atoms with Crippen LogP contribution in [0.2, 0.25) is 0 Å². The van der Waals surface area contributed by atoms with E-state index in [2.05, 4.69) is 15.8 Å². The van der Waals surface area contributed by atoms with Gasteiger partial charge in [0, 0.05) is 6.61 Å². The lowest BCUT2D eigenvalue weighted by molar-refractivity contribution is 0.0279. The molecule has 1 saturated carbocycles. The summed E-state index contributed by atoms with van der Waals surface area (Å²) in [7, 11) is 0. The van der Waals surface area contributed by atoms with Crippen molar-refractivity contribution in [3.63, 3.8) is 0 Å². The van der Waals surface area contributed by atoms with Crippen LogP contribution in [-0.4, -0.2) is 24.8 Å². The van der Waals surface area contributed by atoms with E-state index >= 15 is 0 Å². The van der Waals surface area contributed by atoms with Crippen LogP contribution in [-0.2, 0) is 4.74 Å². The Balaban J connectivity index is 2.00. The number of hydrogen-bond acceptors (Lipinski definition) is 4. The monoisotopic (exact) mass is 197 g/mol. The maximum absolute atomic E-state index is 5.74. The van der Waals surface area contributed by atoms with Crippen LogP contribution >= 0.6 is 0 Å². The molecule has 1 aliphatic carbocycles. The Kier molecular flexibility index (Phi) is 3.35. The zero-order valence-electron chi connectivity index (χ0n) is 8.78. The van der Waals surface area contributed by atoms with E-state index in [-0.39, 0.29) is 12.1 Å². The highest BCUT2D eigenvalue weighted by atomic mass is 16.5. The highest BCUT2D eigenvalue weighted by Crippen LogP contribution is 2.25. The average Bonchev–Trinajstić information content (AvgIpc) is 2.59. The van der Waals surface area contributed by atoms with E-state index in [0.29, 0.717) is 6.04 Å².